The molecule has 0 heterocycles. The number of hydrogen-bond acceptors (Lipinski definition) is 3. The van der Waals surface area contributed by atoms with Gasteiger partial charge < -0.3 is 5.11 Å². The first-order valence-corrected chi connectivity index (χ1v) is 7.27. The summed E-state index contributed by atoms with van der Waals surface area (Å²) in [5.74, 6) is -0.149. The number of hydrogen-bond donors (Lipinski definition) is 2. The van der Waals surface area contributed by atoms with Gasteiger partial charge in [-0.2, -0.15) is 5.10 Å². The number of phenols is 1. The lowest BCUT2D eigenvalue weighted by molar-refractivity contribution is 0.0955. The first-order chi connectivity index (χ1) is 11.2. The van der Waals surface area contributed by atoms with Crippen molar-refractivity contribution < 1.29 is 9.90 Å². The van der Waals surface area contributed by atoms with E-state index in [9.17, 15) is 9.90 Å². The zero-order valence-corrected chi connectivity index (χ0v) is 12.7. The number of benzene rings is 3. The van der Waals surface area contributed by atoms with Crippen molar-refractivity contribution in [3.05, 3.63) is 77.9 Å². The molecule has 1 amide bonds. The Kier molecular flexibility index (Phi) is 4.06. The van der Waals surface area contributed by atoms with Crippen molar-refractivity contribution in [2.75, 3.05) is 0 Å². The van der Waals surface area contributed by atoms with Crippen LogP contribution in [0.4, 0.5) is 0 Å². The summed E-state index contributed by atoms with van der Waals surface area (Å²) in [6, 6.07) is 20.1. The molecule has 114 valence electrons. The average Bonchev–Trinajstić information content (AvgIpc) is 2.60. The van der Waals surface area contributed by atoms with Gasteiger partial charge >= 0.3 is 0 Å². The van der Waals surface area contributed by atoms with Crippen LogP contribution in [0.15, 0.2) is 71.8 Å². The summed E-state index contributed by atoms with van der Waals surface area (Å²) >= 11 is 0. The largest absolute Gasteiger partial charge is 0.507 e. The maximum Gasteiger partial charge on any atom is 0.271 e. The third kappa shape index (κ3) is 3.06. The van der Waals surface area contributed by atoms with Gasteiger partial charge in [0.25, 0.3) is 5.91 Å². The van der Waals surface area contributed by atoms with Crippen LogP contribution in [0, 0.1) is 0 Å². The maximum atomic E-state index is 12.0. The normalized spacial score (nSPS) is 11.4. The summed E-state index contributed by atoms with van der Waals surface area (Å²) in [4.78, 5) is 12.0. The molecular formula is C19H16N2O2. The standard InChI is InChI=1S/C19H16N2O2/c1-13(20-21-19(23)15-8-3-2-4-9-15)18-16-10-6-5-7-14(16)11-12-17(18)22/h2-12,22H,1H3,(H,21,23)/b20-13+. The van der Waals surface area contributed by atoms with E-state index in [0.717, 1.165) is 10.8 Å². The molecule has 3 rings (SSSR count). The van der Waals surface area contributed by atoms with Crippen LogP contribution in [0.2, 0.25) is 0 Å². The lowest BCUT2D eigenvalue weighted by Gasteiger charge is -2.09. The highest BCUT2D eigenvalue weighted by Crippen LogP contribution is 2.27. The number of aromatic hydroxyl groups is 1. The van der Waals surface area contributed by atoms with E-state index in [-0.39, 0.29) is 11.7 Å². The maximum absolute atomic E-state index is 12.0. The van der Waals surface area contributed by atoms with Gasteiger partial charge in [-0.15, -0.1) is 0 Å². The van der Waals surface area contributed by atoms with Crippen LogP contribution in [-0.2, 0) is 0 Å². The van der Waals surface area contributed by atoms with Crippen LogP contribution in [0.1, 0.15) is 22.8 Å². The lowest BCUT2D eigenvalue weighted by Crippen LogP contribution is -2.19. The molecule has 0 atom stereocenters. The first-order valence-electron chi connectivity index (χ1n) is 7.27. The SMILES string of the molecule is C/C(=N\NC(=O)c1ccccc1)c1c(O)ccc2ccccc12. The molecule has 4 nitrogen and oxygen atoms in total. The summed E-state index contributed by atoms with van der Waals surface area (Å²) < 4.78 is 0. The van der Waals surface area contributed by atoms with Gasteiger partial charge in [-0.05, 0) is 35.9 Å². The van der Waals surface area contributed by atoms with E-state index in [0.29, 0.717) is 16.8 Å². The Morgan fingerprint density at radius 3 is 2.43 bits per heavy atom. The van der Waals surface area contributed by atoms with Crippen molar-refractivity contribution in [3.63, 3.8) is 0 Å². The fourth-order valence-electron chi connectivity index (χ4n) is 2.48. The van der Waals surface area contributed by atoms with Gasteiger partial charge in [-0.25, -0.2) is 5.43 Å². The number of carbonyl (C=O) groups is 1. The molecule has 0 radical (unpaired) electrons. The Hall–Kier alpha value is -3.14. The fraction of sp³-hybridized carbons (Fsp3) is 0.0526. The van der Waals surface area contributed by atoms with E-state index >= 15 is 0 Å². The number of phenolic OH excluding ortho intramolecular Hbond substituents is 1. The molecule has 0 aliphatic carbocycles. The average molecular weight is 304 g/mol. The van der Waals surface area contributed by atoms with E-state index < -0.39 is 0 Å². The summed E-state index contributed by atoms with van der Waals surface area (Å²) in [5, 5.41) is 16.2. The molecule has 0 saturated heterocycles. The predicted octanol–water partition coefficient (Wildman–Crippen LogP) is 3.70. The van der Waals surface area contributed by atoms with Gasteiger partial charge in [0, 0.05) is 11.1 Å². The van der Waals surface area contributed by atoms with Crippen LogP contribution in [0.3, 0.4) is 0 Å². The van der Waals surface area contributed by atoms with Gasteiger partial charge in [0.15, 0.2) is 0 Å². The lowest BCUT2D eigenvalue weighted by atomic mass is 10.0. The molecule has 0 bridgehead atoms. The zero-order chi connectivity index (χ0) is 16.2. The third-order valence-corrected chi connectivity index (χ3v) is 3.63. The number of hydrazone groups is 1. The summed E-state index contributed by atoms with van der Waals surface area (Å²) in [7, 11) is 0. The minimum absolute atomic E-state index is 0.138. The van der Waals surface area contributed by atoms with Crippen molar-refractivity contribution in [2.24, 2.45) is 5.10 Å². The Morgan fingerprint density at radius 2 is 1.65 bits per heavy atom. The molecule has 0 aromatic heterocycles. The molecule has 0 unspecified atom stereocenters. The molecule has 0 spiro atoms. The first kappa shape index (κ1) is 14.8. The van der Waals surface area contributed by atoms with Crippen molar-refractivity contribution in [2.45, 2.75) is 6.92 Å². The number of nitrogens with zero attached hydrogens (tertiary/aromatic N) is 1. The molecule has 2 N–H and O–H groups in total. The van der Waals surface area contributed by atoms with Crippen molar-refractivity contribution >= 4 is 22.4 Å². The van der Waals surface area contributed by atoms with Crippen molar-refractivity contribution in [1.29, 1.82) is 0 Å². The molecule has 3 aromatic carbocycles. The highest BCUT2D eigenvalue weighted by atomic mass is 16.3. The summed E-state index contributed by atoms with van der Waals surface area (Å²) in [5.41, 5.74) is 4.23. The van der Waals surface area contributed by atoms with Gasteiger partial charge in [-0.3, -0.25) is 4.79 Å². The molecule has 3 aromatic rings. The Balaban J connectivity index is 1.93. The zero-order valence-electron chi connectivity index (χ0n) is 12.7. The molecule has 0 saturated carbocycles. The molecule has 4 heteroatoms. The molecule has 23 heavy (non-hydrogen) atoms. The van der Waals surface area contributed by atoms with Crippen LogP contribution in [-0.4, -0.2) is 16.7 Å². The second-order valence-electron chi connectivity index (χ2n) is 5.18. The highest BCUT2D eigenvalue weighted by Gasteiger charge is 2.10. The van der Waals surface area contributed by atoms with E-state index in [1.165, 1.54) is 0 Å². The Labute approximate surface area is 134 Å². The second-order valence-corrected chi connectivity index (χ2v) is 5.18. The molecule has 0 fully saturated rings. The van der Waals surface area contributed by atoms with Gasteiger partial charge in [0.2, 0.25) is 0 Å². The van der Waals surface area contributed by atoms with E-state index in [1.54, 1.807) is 37.3 Å². The number of rotatable bonds is 3. The monoisotopic (exact) mass is 304 g/mol. The quantitative estimate of drug-likeness (QED) is 0.572. The number of amides is 1. The third-order valence-electron chi connectivity index (χ3n) is 3.63. The molecule has 0 aliphatic rings. The van der Waals surface area contributed by atoms with E-state index in [1.807, 2.05) is 36.4 Å². The van der Waals surface area contributed by atoms with Crippen LogP contribution >= 0.6 is 0 Å². The number of fused-ring (bicyclic) bond motifs is 1. The Bertz CT molecular complexity index is 886. The van der Waals surface area contributed by atoms with Gasteiger partial charge in [0.05, 0.1) is 5.71 Å². The fourth-order valence-corrected chi connectivity index (χ4v) is 2.48. The van der Waals surface area contributed by atoms with E-state index in [4.69, 9.17) is 0 Å². The van der Waals surface area contributed by atoms with Crippen LogP contribution in [0.5, 0.6) is 5.75 Å². The number of nitrogens with one attached hydrogen (secondary N) is 1. The predicted molar refractivity (Wildman–Crippen MR) is 91.7 cm³/mol. The minimum Gasteiger partial charge on any atom is -0.507 e. The minimum atomic E-state index is -0.287. The smallest absolute Gasteiger partial charge is 0.271 e. The van der Waals surface area contributed by atoms with Gasteiger partial charge in [0.1, 0.15) is 5.75 Å². The molecular weight excluding hydrogens is 288 g/mol. The molecule has 0 aliphatic heterocycles. The van der Waals surface area contributed by atoms with Gasteiger partial charge in [-0.1, -0.05) is 48.5 Å². The highest BCUT2D eigenvalue weighted by molar-refractivity contribution is 6.12. The summed E-state index contributed by atoms with van der Waals surface area (Å²) in [6.07, 6.45) is 0. The van der Waals surface area contributed by atoms with Crippen LogP contribution in [0.25, 0.3) is 10.8 Å². The second kappa shape index (κ2) is 6.32. The van der Waals surface area contributed by atoms with E-state index in [2.05, 4.69) is 10.5 Å². The topological polar surface area (TPSA) is 61.7 Å². The van der Waals surface area contributed by atoms with Crippen LogP contribution < -0.4 is 5.43 Å². The van der Waals surface area contributed by atoms with Crippen molar-refractivity contribution in [1.82, 2.24) is 5.43 Å². The summed E-state index contributed by atoms with van der Waals surface area (Å²) in [6.45, 7) is 1.76. The van der Waals surface area contributed by atoms with Crippen molar-refractivity contribution in [3.8, 4) is 5.75 Å². The Morgan fingerprint density at radius 1 is 0.957 bits per heavy atom. The number of carbonyl (C=O) groups excluding carboxylic acids is 1.